The van der Waals surface area contributed by atoms with E-state index in [1.807, 2.05) is 25.3 Å². The highest BCUT2D eigenvalue weighted by Crippen LogP contribution is 2.18. The molecule has 0 aliphatic carbocycles. The monoisotopic (exact) mass is 289 g/mol. The molecule has 1 atom stereocenters. The van der Waals surface area contributed by atoms with E-state index in [-0.39, 0.29) is 11.9 Å². The van der Waals surface area contributed by atoms with Gasteiger partial charge >= 0.3 is 0 Å². The minimum atomic E-state index is -0.0105. The van der Waals surface area contributed by atoms with Crippen LogP contribution in [0.4, 0.5) is 0 Å². The van der Waals surface area contributed by atoms with Crippen molar-refractivity contribution in [1.29, 1.82) is 0 Å². The maximum absolute atomic E-state index is 12.6. The summed E-state index contributed by atoms with van der Waals surface area (Å²) in [6, 6.07) is 3.99. The van der Waals surface area contributed by atoms with E-state index in [0.717, 1.165) is 24.3 Å². The van der Waals surface area contributed by atoms with Gasteiger partial charge in [-0.3, -0.25) is 14.7 Å². The number of rotatable bonds is 5. The van der Waals surface area contributed by atoms with Gasteiger partial charge in [0, 0.05) is 18.4 Å². The van der Waals surface area contributed by atoms with Crippen LogP contribution in [-0.4, -0.2) is 34.9 Å². The summed E-state index contributed by atoms with van der Waals surface area (Å²) in [5, 5.41) is 3.08. The van der Waals surface area contributed by atoms with Crippen molar-refractivity contribution in [3.8, 4) is 0 Å². The van der Waals surface area contributed by atoms with E-state index in [1.54, 1.807) is 0 Å². The van der Waals surface area contributed by atoms with Crippen molar-refractivity contribution in [2.45, 2.75) is 52.6 Å². The Morgan fingerprint density at radius 2 is 2.00 bits per heavy atom. The van der Waals surface area contributed by atoms with Crippen LogP contribution in [0.5, 0.6) is 0 Å². The molecule has 0 unspecified atom stereocenters. The van der Waals surface area contributed by atoms with Gasteiger partial charge < -0.3 is 5.32 Å². The summed E-state index contributed by atoms with van der Waals surface area (Å²) in [5.74, 6) is 0.478. The molecular formula is C17H27N3O. The first-order valence-corrected chi connectivity index (χ1v) is 8.01. The third-order valence-corrected chi connectivity index (χ3v) is 4.12. The second kappa shape index (κ2) is 7.55. The molecule has 1 N–H and O–H groups in total. The van der Waals surface area contributed by atoms with Gasteiger partial charge in [0.25, 0.3) is 0 Å². The number of nitrogens with one attached hydrogen (secondary N) is 1. The fourth-order valence-electron chi connectivity index (χ4n) is 2.98. The van der Waals surface area contributed by atoms with Crippen LogP contribution in [0, 0.1) is 12.8 Å². The van der Waals surface area contributed by atoms with Gasteiger partial charge in [-0.05, 0) is 50.4 Å². The smallest absolute Gasteiger partial charge is 0.237 e. The number of pyridine rings is 1. The van der Waals surface area contributed by atoms with E-state index in [1.165, 1.54) is 19.3 Å². The molecule has 0 radical (unpaired) electrons. The van der Waals surface area contributed by atoms with Crippen LogP contribution in [0.3, 0.4) is 0 Å². The molecule has 0 bridgehead atoms. The van der Waals surface area contributed by atoms with Gasteiger partial charge in [-0.1, -0.05) is 26.3 Å². The van der Waals surface area contributed by atoms with Gasteiger partial charge in [0.1, 0.15) is 0 Å². The zero-order valence-corrected chi connectivity index (χ0v) is 13.4. The average molecular weight is 289 g/mol. The predicted octanol–water partition coefficient (Wildman–Crippen LogP) is 2.52. The molecule has 0 spiro atoms. The number of nitrogens with zero attached hydrogens (tertiary/aromatic N) is 2. The second-order valence-electron chi connectivity index (χ2n) is 6.31. The zero-order valence-electron chi connectivity index (χ0n) is 13.4. The highest BCUT2D eigenvalue weighted by atomic mass is 16.2. The van der Waals surface area contributed by atoms with Crippen LogP contribution < -0.4 is 5.32 Å². The maximum atomic E-state index is 12.6. The number of carbonyl (C=O) groups is 1. The SMILES string of the molecule is Cc1ccc(CNC(=O)[C@H](C(C)C)N2CCCCC2)cn1. The Kier molecular flexibility index (Phi) is 5.74. The standard InChI is InChI=1S/C17H27N3O/c1-13(2)16(20-9-5-4-6-10-20)17(21)19-12-15-8-7-14(3)18-11-15/h7-8,11,13,16H,4-6,9-10,12H2,1-3H3,(H,19,21)/t16-/m0/s1. The quantitative estimate of drug-likeness (QED) is 0.906. The van der Waals surface area contributed by atoms with Crippen LogP contribution in [0.2, 0.25) is 0 Å². The minimum Gasteiger partial charge on any atom is -0.351 e. The van der Waals surface area contributed by atoms with Crippen molar-refractivity contribution in [2.75, 3.05) is 13.1 Å². The first-order chi connectivity index (χ1) is 10.1. The summed E-state index contributed by atoms with van der Waals surface area (Å²) in [7, 11) is 0. The first kappa shape index (κ1) is 16.0. The zero-order chi connectivity index (χ0) is 15.2. The minimum absolute atomic E-state index is 0.0105. The molecule has 1 aromatic heterocycles. The number of hydrogen-bond donors (Lipinski definition) is 1. The van der Waals surface area contributed by atoms with Crippen LogP contribution >= 0.6 is 0 Å². The molecule has 1 aromatic rings. The van der Waals surface area contributed by atoms with Crippen molar-refractivity contribution < 1.29 is 4.79 Å². The van der Waals surface area contributed by atoms with Crippen LogP contribution in [0.15, 0.2) is 18.3 Å². The van der Waals surface area contributed by atoms with Crippen molar-refractivity contribution >= 4 is 5.91 Å². The number of aryl methyl sites for hydroxylation is 1. The normalized spacial score (nSPS) is 17.7. The van der Waals surface area contributed by atoms with Gasteiger partial charge in [0.2, 0.25) is 5.91 Å². The molecule has 116 valence electrons. The maximum Gasteiger partial charge on any atom is 0.237 e. The molecule has 21 heavy (non-hydrogen) atoms. The lowest BCUT2D eigenvalue weighted by molar-refractivity contribution is -0.128. The van der Waals surface area contributed by atoms with E-state index >= 15 is 0 Å². The lowest BCUT2D eigenvalue weighted by atomic mass is 9.98. The highest BCUT2D eigenvalue weighted by Gasteiger charge is 2.29. The lowest BCUT2D eigenvalue weighted by Crippen LogP contribution is -2.51. The van der Waals surface area contributed by atoms with Crippen molar-refractivity contribution in [3.63, 3.8) is 0 Å². The van der Waals surface area contributed by atoms with E-state index in [2.05, 4.69) is 29.0 Å². The van der Waals surface area contributed by atoms with Gasteiger partial charge in [-0.2, -0.15) is 0 Å². The van der Waals surface area contributed by atoms with Crippen molar-refractivity contribution in [1.82, 2.24) is 15.2 Å². The fraction of sp³-hybridized carbons (Fsp3) is 0.647. The molecule has 2 heterocycles. The summed E-state index contributed by atoms with van der Waals surface area (Å²) < 4.78 is 0. The molecule has 1 aliphatic heterocycles. The largest absolute Gasteiger partial charge is 0.351 e. The Morgan fingerprint density at radius 1 is 1.29 bits per heavy atom. The molecule has 0 aromatic carbocycles. The van der Waals surface area contributed by atoms with Crippen molar-refractivity contribution in [2.24, 2.45) is 5.92 Å². The Labute approximate surface area is 127 Å². The van der Waals surface area contributed by atoms with Crippen molar-refractivity contribution in [3.05, 3.63) is 29.6 Å². The predicted molar refractivity (Wildman–Crippen MR) is 84.9 cm³/mol. The summed E-state index contributed by atoms with van der Waals surface area (Å²) in [6.45, 7) is 8.87. The van der Waals surface area contributed by atoms with Gasteiger partial charge in [0.05, 0.1) is 6.04 Å². The second-order valence-corrected chi connectivity index (χ2v) is 6.31. The summed E-state index contributed by atoms with van der Waals surface area (Å²) in [5.41, 5.74) is 2.05. The Bertz CT molecular complexity index is 450. The summed E-state index contributed by atoms with van der Waals surface area (Å²) in [4.78, 5) is 19.2. The number of carbonyl (C=O) groups excluding carboxylic acids is 1. The molecule has 4 nitrogen and oxygen atoms in total. The first-order valence-electron chi connectivity index (χ1n) is 8.01. The van der Waals surface area contributed by atoms with E-state index in [4.69, 9.17) is 0 Å². The topological polar surface area (TPSA) is 45.2 Å². The van der Waals surface area contributed by atoms with Gasteiger partial charge in [0.15, 0.2) is 0 Å². The number of aromatic nitrogens is 1. The third kappa shape index (κ3) is 4.53. The van der Waals surface area contributed by atoms with E-state index in [9.17, 15) is 4.79 Å². The number of piperidine rings is 1. The lowest BCUT2D eigenvalue weighted by Gasteiger charge is -2.35. The Balaban J connectivity index is 1.93. The van der Waals surface area contributed by atoms with E-state index in [0.29, 0.717) is 12.5 Å². The van der Waals surface area contributed by atoms with Crippen LogP contribution in [0.1, 0.15) is 44.4 Å². The molecule has 0 saturated carbocycles. The number of amides is 1. The number of hydrogen-bond acceptors (Lipinski definition) is 3. The number of likely N-dealkylation sites (tertiary alicyclic amines) is 1. The van der Waals surface area contributed by atoms with Gasteiger partial charge in [-0.25, -0.2) is 0 Å². The molecule has 1 amide bonds. The van der Waals surface area contributed by atoms with Crippen LogP contribution in [0.25, 0.3) is 0 Å². The molecule has 1 fully saturated rings. The highest BCUT2D eigenvalue weighted by molar-refractivity contribution is 5.82. The Hall–Kier alpha value is -1.42. The molecule has 1 saturated heterocycles. The average Bonchev–Trinajstić information content (AvgIpc) is 2.47. The summed E-state index contributed by atoms with van der Waals surface area (Å²) >= 11 is 0. The molecular weight excluding hydrogens is 262 g/mol. The van der Waals surface area contributed by atoms with Gasteiger partial charge in [-0.15, -0.1) is 0 Å². The molecule has 1 aliphatic rings. The van der Waals surface area contributed by atoms with Crippen LogP contribution in [-0.2, 0) is 11.3 Å². The fourth-order valence-corrected chi connectivity index (χ4v) is 2.98. The molecule has 2 rings (SSSR count). The Morgan fingerprint density at radius 3 is 2.57 bits per heavy atom. The van der Waals surface area contributed by atoms with E-state index < -0.39 is 0 Å². The third-order valence-electron chi connectivity index (χ3n) is 4.12. The molecule has 4 heteroatoms. The summed E-state index contributed by atoms with van der Waals surface area (Å²) in [6.07, 6.45) is 5.54.